The van der Waals surface area contributed by atoms with E-state index < -0.39 is 12.1 Å². The zero-order valence-electron chi connectivity index (χ0n) is 14.9. The number of carboxylic acids is 1. The Bertz CT molecular complexity index is 765. The Morgan fingerprint density at radius 2 is 2.00 bits per heavy atom. The number of benzene rings is 1. The van der Waals surface area contributed by atoms with E-state index >= 15 is 0 Å². The number of amides is 1. The monoisotopic (exact) mass is 345 g/mol. The zero-order valence-corrected chi connectivity index (χ0v) is 14.9. The van der Waals surface area contributed by atoms with Crippen molar-refractivity contribution in [3.05, 3.63) is 53.0 Å². The van der Waals surface area contributed by atoms with Crippen molar-refractivity contribution >= 4 is 11.9 Å². The third-order valence-electron chi connectivity index (χ3n) is 3.88. The van der Waals surface area contributed by atoms with Crippen LogP contribution in [0.25, 0.3) is 0 Å². The Labute approximate surface area is 147 Å². The fourth-order valence-electron chi connectivity index (χ4n) is 2.55. The fraction of sp³-hybridized carbons (Fsp3) is 0.368. The number of nitrogens with zero attached hydrogens (tertiary/aromatic N) is 1. The average Bonchev–Trinajstić information content (AvgIpc) is 2.92. The molecule has 25 heavy (non-hydrogen) atoms. The molecule has 134 valence electrons. The molecule has 0 aliphatic carbocycles. The quantitative estimate of drug-likeness (QED) is 0.832. The smallest absolute Gasteiger partial charge is 0.339 e. The molecule has 1 N–H and O–H groups in total. The Morgan fingerprint density at radius 1 is 1.28 bits per heavy atom. The molecule has 0 saturated carbocycles. The molecule has 1 heterocycles. The minimum Gasteiger partial charge on any atom is -0.481 e. The number of ether oxygens (including phenoxy) is 1. The van der Waals surface area contributed by atoms with E-state index in [1.807, 2.05) is 38.1 Å². The minimum atomic E-state index is -1.05. The van der Waals surface area contributed by atoms with Crippen molar-refractivity contribution in [3.8, 4) is 5.75 Å². The van der Waals surface area contributed by atoms with E-state index in [1.165, 1.54) is 11.0 Å². The van der Waals surface area contributed by atoms with E-state index in [-0.39, 0.29) is 18.0 Å². The Hall–Kier alpha value is -2.76. The molecule has 1 aromatic heterocycles. The van der Waals surface area contributed by atoms with Crippen LogP contribution in [0.1, 0.15) is 40.8 Å². The molecule has 0 bridgehead atoms. The number of aromatic carboxylic acids is 1. The summed E-state index contributed by atoms with van der Waals surface area (Å²) >= 11 is 0. The van der Waals surface area contributed by atoms with Crippen molar-refractivity contribution < 1.29 is 23.8 Å². The maximum absolute atomic E-state index is 12.6. The van der Waals surface area contributed by atoms with Crippen molar-refractivity contribution in [2.24, 2.45) is 0 Å². The van der Waals surface area contributed by atoms with Gasteiger partial charge in [0.2, 0.25) is 0 Å². The summed E-state index contributed by atoms with van der Waals surface area (Å²) in [5.74, 6) is 0.170. The molecule has 1 aromatic carbocycles. The second-order valence-electron chi connectivity index (χ2n) is 6.01. The SMILES string of the molecule is CCC(Oc1cccc(C)c1)C(=O)N(C)Cc1cc(C(=O)O)c(C)o1. The van der Waals surface area contributed by atoms with Gasteiger partial charge < -0.3 is 19.2 Å². The molecule has 2 aromatic rings. The van der Waals surface area contributed by atoms with Crippen molar-refractivity contribution in [1.29, 1.82) is 0 Å². The zero-order chi connectivity index (χ0) is 18.6. The highest BCUT2D eigenvalue weighted by atomic mass is 16.5. The van der Waals surface area contributed by atoms with Gasteiger partial charge in [0.1, 0.15) is 22.8 Å². The first-order chi connectivity index (χ1) is 11.8. The maximum atomic E-state index is 12.6. The molecule has 6 nitrogen and oxygen atoms in total. The van der Waals surface area contributed by atoms with Crippen LogP contribution in [0.4, 0.5) is 0 Å². The standard InChI is InChI=1S/C19H23NO5/c1-5-17(25-14-8-6-7-12(2)9-14)18(21)20(4)11-15-10-16(19(22)23)13(3)24-15/h6-10,17H,5,11H2,1-4H3,(H,22,23). The number of carboxylic acid groups (broad SMARTS) is 1. The van der Waals surface area contributed by atoms with Crippen molar-refractivity contribution in [2.75, 3.05) is 7.05 Å². The van der Waals surface area contributed by atoms with Gasteiger partial charge in [-0.05, 0) is 44.0 Å². The molecule has 0 spiro atoms. The highest BCUT2D eigenvalue weighted by Crippen LogP contribution is 2.19. The van der Waals surface area contributed by atoms with Crippen molar-refractivity contribution in [3.63, 3.8) is 0 Å². The van der Waals surface area contributed by atoms with Crippen LogP contribution in [0.15, 0.2) is 34.7 Å². The third kappa shape index (κ3) is 4.62. The van der Waals surface area contributed by atoms with Crippen LogP contribution >= 0.6 is 0 Å². The molecule has 6 heteroatoms. The fourth-order valence-corrected chi connectivity index (χ4v) is 2.55. The summed E-state index contributed by atoms with van der Waals surface area (Å²) in [6.07, 6.45) is -0.0869. The summed E-state index contributed by atoms with van der Waals surface area (Å²) in [5.41, 5.74) is 1.17. The summed E-state index contributed by atoms with van der Waals surface area (Å²) in [5, 5.41) is 9.07. The van der Waals surface area contributed by atoms with Crippen LogP contribution in [0, 0.1) is 13.8 Å². The van der Waals surface area contributed by atoms with Crippen LogP contribution in [0.3, 0.4) is 0 Å². The Kier molecular flexibility index (Phi) is 5.85. The number of rotatable bonds is 7. The summed E-state index contributed by atoms with van der Waals surface area (Å²) < 4.78 is 11.2. The lowest BCUT2D eigenvalue weighted by molar-refractivity contribution is -0.138. The second-order valence-corrected chi connectivity index (χ2v) is 6.01. The average molecular weight is 345 g/mol. The lowest BCUT2D eigenvalue weighted by Gasteiger charge is -2.23. The highest BCUT2D eigenvalue weighted by molar-refractivity contribution is 5.88. The number of hydrogen-bond donors (Lipinski definition) is 1. The van der Waals surface area contributed by atoms with Gasteiger partial charge in [-0.1, -0.05) is 19.1 Å². The van der Waals surface area contributed by atoms with E-state index in [1.54, 1.807) is 14.0 Å². The molecule has 0 saturated heterocycles. The van der Waals surface area contributed by atoms with Crippen LogP contribution in [0.2, 0.25) is 0 Å². The molecule has 0 aliphatic rings. The molecule has 2 rings (SSSR count). The van der Waals surface area contributed by atoms with Gasteiger partial charge >= 0.3 is 5.97 Å². The molecular formula is C19H23NO5. The van der Waals surface area contributed by atoms with Gasteiger partial charge in [-0.15, -0.1) is 0 Å². The number of likely N-dealkylation sites (N-methyl/N-ethyl adjacent to an activating group) is 1. The molecular weight excluding hydrogens is 322 g/mol. The lowest BCUT2D eigenvalue weighted by atomic mass is 10.2. The number of hydrogen-bond acceptors (Lipinski definition) is 4. The van der Waals surface area contributed by atoms with Gasteiger partial charge in [-0.3, -0.25) is 4.79 Å². The predicted octanol–water partition coefficient (Wildman–Crippen LogP) is 3.41. The first kappa shape index (κ1) is 18.6. The van der Waals surface area contributed by atoms with Gasteiger partial charge in [0.25, 0.3) is 5.91 Å². The van der Waals surface area contributed by atoms with Crippen LogP contribution in [-0.2, 0) is 11.3 Å². The van der Waals surface area contributed by atoms with E-state index in [0.29, 0.717) is 23.7 Å². The van der Waals surface area contributed by atoms with Gasteiger partial charge in [-0.25, -0.2) is 4.79 Å². The van der Waals surface area contributed by atoms with E-state index in [0.717, 1.165) is 5.56 Å². The topological polar surface area (TPSA) is 80.0 Å². The van der Waals surface area contributed by atoms with E-state index in [2.05, 4.69) is 0 Å². The molecule has 0 fully saturated rings. The highest BCUT2D eigenvalue weighted by Gasteiger charge is 2.24. The second kappa shape index (κ2) is 7.88. The van der Waals surface area contributed by atoms with Gasteiger partial charge in [0, 0.05) is 7.05 Å². The Balaban J connectivity index is 2.06. The number of aryl methyl sites for hydroxylation is 2. The molecule has 0 aliphatic heterocycles. The van der Waals surface area contributed by atoms with Gasteiger partial charge in [0.05, 0.1) is 6.54 Å². The summed E-state index contributed by atoms with van der Waals surface area (Å²) in [7, 11) is 1.64. The lowest BCUT2D eigenvalue weighted by Crippen LogP contribution is -2.39. The van der Waals surface area contributed by atoms with Crippen molar-refractivity contribution in [1.82, 2.24) is 4.90 Å². The van der Waals surface area contributed by atoms with E-state index in [9.17, 15) is 9.59 Å². The first-order valence-electron chi connectivity index (χ1n) is 8.12. The number of carbonyl (C=O) groups is 2. The van der Waals surface area contributed by atoms with Crippen molar-refractivity contribution in [2.45, 2.75) is 39.8 Å². The molecule has 1 unspecified atom stereocenters. The van der Waals surface area contributed by atoms with Crippen LogP contribution < -0.4 is 4.74 Å². The first-order valence-corrected chi connectivity index (χ1v) is 8.12. The van der Waals surface area contributed by atoms with Crippen LogP contribution in [0.5, 0.6) is 5.75 Å². The molecule has 1 atom stereocenters. The minimum absolute atomic E-state index is 0.110. The molecule has 0 radical (unpaired) electrons. The largest absolute Gasteiger partial charge is 0.481 e. The molecule has 1 amide bonds. The van der Waals surface area contributed by atoms with Gasteiger partial charge in [0.15, 0.2) is 6.10 Å². The number of furan rings is 1. The predicted molar refractivity (Wildman–Crippen MR) is 92.8 cm³/mol. The summed E-state index contributed by atoms with van der Waals surface area (Å²) in [6.45, 7) is 5.61. The third-order valence-corrected chi connectivity index (χ3v) is 3.88. The van der Waals surface area contributed by atoms with E-state index in [4.69, 9.17) is 14.3 Å². The van der Waals surface area contributed by atoms with Gasteiger partial charge in [-0.2, -0.15) is 0 Å². The number of carbonyl (C=O) groups excluding carboxylic acids is 1. The Morgan fingerprint density at radius 3 is 2.56 bits per heavy atom. The summed E-state index contributed by atoms with van der Waals surface area (Å²) in [6, 6.07) is 8.98. The maximum Gasteiger partial charge on any atom is 0.339 e. The van der Waals surface area contributed by atoms with Crippen LogP contribution in [-0.4, -0.2) is 35.0 Å². The summed E-state index contributed by atoms with van der Waals surface area (Å²) in [4.78, 5) is 25.2. The normalized spacial score (nSPS) is 11.8.